The Labute approximate surface area is 148 Å². The van der Waals surface area contributed by atoms with Crippen LogP contribution in [-0.4, -0.2) is 25.2 Å². The van der Waals surface area contributed by atoms with Crippen molar-refractivity contribution in [3.8, 4) is 11.5 Å². The predicted molar refractivity (Wildman–Crippen MR) is 90.0 cm³/mol. The highest BCUT2D eigenvalue weighted by Gasteiger charge is 2.32. The van der Waals surface area contributed by atoms with E-state index >= 15 is 0 Å². The number of imidazole rings is 1. The zero-order chi connectivity index (χ0) is 18.9. The van der Waals surface area contributed by atoms with E-state index in [1.54, 1.807) is 38.4 Å². The molecular weight excluding hydrogens is 347 g/mol. The summed E-state index contributed by atoms with van der Waals surface area (Å²) in [6, 6.07) is 7.31. The molecule has 0 aliphatic rings. The second kappa shape index (κ2) is 6.60. The molecule has 5 nitrogen and oxygen atoms in total. The van der Waals surface area contributed by atoms with Gasteiger partial charge in [0.15, 0.2) is 0 Å². The number of benzene rings is 1. The fraction of sp³-hybridized carbons (Fsp3) is 0.333. The molecule has 0 spiro atoms. The Morgan fingerprint density at radius 3 is 2.42 bits per heavy atom. The molecule has 26 heavy (non-hydrogen) atoms. The van der Waals surface area contributed by atoms with Crippen LogP contribution in [0.5, 0.6) is 11.5 Å². The highest BCUT2D eigenvalue weighted by atomic mass is 19.4. The molecule has 0 atom stereocenters. The van der Waals surface area contributed by atoms with E-state index in [1.165, 1.54) is 6.07 Å². The average molecular weight is 365 g/mol. The van der Waals surface area contributed by atoms with Crippen molar-refractivity contribution in [1.82, 2.24) is 14.5 Å². The van der Waals surface area contributed by atoms with E-state index in [1.807, 2.05) is 4.57 Å². The van der Waals surface area contributed by atoms with Gasteiger partial charge in [-0.3, -0.25) is 0 Å². The second-order valence-electron chi connectivity index (χ2n) is 6.63. The summed E-state index contributed by atoms with van der Waals surface area (Å²) in [6.07, 6.45) is -1.21. The summed E-state index contributed by atoms with van der Waals surface area (Å²) in [5.74, 6) is 0.670. The molecule has 0 radical (unpaired) electrons. The third kappa shape index (κ3) is 4.32. The fourth-order valence-corrected chi connectivity index (χ4v) is 2.42. The summed E-state index contributed by atoms with van der Waals surface area (Å²) in [6.45, 7) is 4.04. The minimum atomic E-state index is -4.48. The molecule has 2 heterocycles. The molecule has 0 saturated carbocycles. The van der Waals surface area contributed by atoms with Crippen molar-refractivity contribution >= 4 is 11.0 Å². The minimum Gasteiger partial charge on any atom is -0.456 e. The number of hydrogen-bond acceptors (Lipinski definition) is 4. The van der Waals surface area contributed by atoms with E-state index in [2.05, 4.69) is 9.97 Å². The molecule has 1 aromatic carbocycles. The summed E-state index contributed by atoms with van der Waals surface area (Å²) in [7, 11) is 0. The zero-order valence-corrected chi connectivity index (χ0v) is 14.3. The van der Waals surface area contributed by atoms with E-state index in [-0.39, 0.29) is 5.75 Å². The summed E-state index contributed by atoms with van der Waals surface area (Å²) in [4.78, 5) is 7.67. The summed E-state index contributed by atoms with van der Waals surface area (Å²) >= 11 is 0. The quantitative estimate of drug-likeness (QED) is 0.728. The van der Waals surface area contributed by atoms with Gasteiger partial charge in [0.2, 0.25) is 0 Å². The zero-order valence-electron chi connectivity index (χ0n) is 14.3. The molecule has 1 N–H and O–H groups in total. The van der Waals surface area contributed by atoms with Gasteiger partial charge in [-0.1, -0.05) is 0 Å². The van der Waals surface area contributed by atoms with Crippen LogP contribution in [0.25, 0.3) is 11.0 Å². The number of aliphatic hydroxyl groups is 1. The SMILES string of the molecule is CC(C)(O)CCn1cnc2ccc(Oc3ccc(C(F)(F)F)nc3)cc21. The van der Waals surface area contributed by atoms with Gasteiger partial charge in [-0.15, -0.1) is 0 Å². The number of aromatic nitrogens is 3. The standard InChI is InChI=1S/C18H18F3N3O2/c1-17(2,25)7-8-24-11-23-14-5-3-12(9-15(14)24)26-13-4-6-16(22-10-13)18(19,20)21/h3-6,9-11,25H,7-8H2,1-2H3. The lowest BCUT2D eigenvalue weighted by Gasteiger charge is -2.17. The molecular formula is C18H18F3N3O2. The van der Waals surface area contributed by atoms with Gasteiger partial charge in [0.05, 0.1) is 29.2 Å². The molecule has 0 saturated heterocycles. The number of hydrogen-bond donors (Lipinski definition) is 1. The third-order valence-corrected chi connectivity index (χ3v) is 3.82. The minimum absolute atomic E-state index is 0.208. The monoisotopic (exact) mass is 365 g/mol. The fourth-order valence-electron chi connectivity index (χ4n) is 2.42. The van der Waals surface area contributed by atoms with Crippen molar-refractivity contribution in [2.45, 2.75) is 38.6 Å². The van der Waals surface area contributed by atoms with E-state index in [0.29, 0.717) is 18.7 Å². The predicted octanol–water partition coefficient (Wildman–Crippen LogP) is 4.40. The van der Waals surface area contributed by atoms with Gasteiger partial charge in [0.1, 0.15) is 17.2 Å². The van der Waals surface area contributed by atoms with Gasteiger partial charge in [0, 0.05) is 12.6 Å². The van der Waals surface area contributed by atoms with Gasteiger partial charge in [-0.2, -0.15) is 13.2 Å². The molecule has 0 aliphatic carbocycles. The summed E-state index contributed by atoms with van der Waals surface area (Å²) < 4.78 is 45.2. The Bertz CT molecular complexity index is 897. The number of pyridine rings is 1. The van der Waals surface area contributed by atoms with Gasteiger partial charge < -0.3 is 14.4 Å². The molecule has 0 unspecified atom stereocenters. The van der Waals surface area contributed by atoms with Crippen molar-refractivity contribution in [3.05, 3.63) is 48.5 Å². The molecule has 0 aliphatic heterocycles. The lowest BCUT2D eigenvalue weighted by Crippen LogP contribution is -2.20. The molecule has 0 bridgehead atoms. The van der Waals surface area contributed by atoms with E-state index in [9.17, 15) is 18.3 Å². The highest BCUT2D eigenvalue weighted by molar-refractivity contribution is 5.77. The topological polar surface area (TPSA) is 60.2 Å². The number of halogens is 3. The first-order chi connectivity index (χ1) is 12.1. The maximum atomic E-state index is 12.6. The van der Waals surface area contributed by atoms with Crippen LogP contribution in [-0.2, 0) is 12.7 Å². The molecule has 3 aromatic rings. The highest BCUT2D eigenvalue weighted by Crippen LogP contribution is 2.30. The van der Waals surface area contributed by atoms with Crippen LogP contribution >= 0.6 is 0 Å². The molecule has 2 aromatic heterocycles. The average Bonchev–Trinajstić information content (AvgIpc) is 2.94. The van der Waals surface area contributed by atoms with E-state index < -0.39 is 17.5 Å². The van der Waals surface area contributed by atoms with Crippen LogP contribution in [0, 0.1) is 0 Å². The second-order valence-corrected chi connectivity index (χ2v) is 6.63. The molecule has 0 fully saturated rings. The van der Waals surface area contributed by atoms with E-state index in [0.717, 1.165) is 23.3 Å². The Balaban J connectivity index is 1.80. The largest absolute Gasteiger partial charge is 0.456 e. The number of rotatable bonds is 5. The first-order valence-corrected chi connectivity index (χ1v) is 8.00. The van der Waals surface area contributed by atoms with Crippen molar-refractivity contribution in [2.75, 3.05) is 0 Å². The van der Waals surface area contributed by atoms with Crippen LogP contribution in [0.15, 0.2) is 42.9 Å². The van der Waals surface area contributed by atoms with Crippen LogP contribution in [0.1, 0.15) is 26.0 Å². The lowest BCUT2D eigenvalue weighted by atomic mass is 10.1. The first-order valence-electron chi connectivity index (χ1n) is 8.00. The van der Waals surface area contributed by atoms with Crippen molar-refractivity contribution in [2.24, 2.45) is 0 Å². The molecule has 138 valence electrons. The number of alkyl halides is 3. The van der Waals surface area contributed by atoms with Crippen molar-refractivity contribution in [3.63, 3.8) is 0 Å². The molecule has 8 heteroatoms. The lowest BCUT2D eigenvalue weighted by molar-refractivity contribution is -0.141. The maximum absolute atomic E-state index is 12.6. The van der Waals surface area contributed by atoms with Crippen LogP contribution in [0.4, 0.5) is 13.2 Å². The van der Waals surface area contributed by atoms with Gasteiger partial charge >= 0.3 is 6.18 Å². The number of aryl methyl sites for hydroxylation is 1. The van der Waals surface area contributed by atoms with Crippen LogP contribution in [0.2, 0.25) is 0 Å². The van der Waals surface area contributed by atoms with Crippen LogP contribution < -0.4 is 4.74 Å². The van der Waals surface area contributed by atoms with Gasteiger partial charge in [0.25, 0.3) is 0 Å². The van der Waals surface area contributed by atoms with Crippen LogP contribution in [0.3, 0.4) is 0 Å². The molecule has 3 rings (SSSR count). The summed E-state index contributed by atoms with van der Waals surface area (Å²) in [5, 5.41) is 9.87. The normalized spacial score (nSPS) is 12.5. The van der Waals surface area contributed by atoms with E-state index in [4.69, 9.17) is 4.74 Å². The summed E-state index contributed by atoms with van der Waals surface area (Å²) in [5.41, 5.74) is -0.188. The Morgan fingerprint density at radius 1 is 1.08 bits per heavy atom. The van der Waals surface area contributed by atoms with Crippen molar-refractivity contribution < 1.29 is 23.0 Å². The Morgan fingerprint density at radius 2 is 1.81 bits per heavy atom. The van der Waals surface area contributed by atoms with Crippen molar-refractivity contribution in [1.29, 1.82) is 0 Å². The van der Waals surface area contributed by atoms with Gasteiger partial charge in [-0.25, -0.2) is 9.97 Å². The van der Waals surface area contributed by atoms with Gasteiger partial charge in [-0.05, 0) is 44.5 Å². The number of ether oxygens (including phenoxy) is 1. The number of fused-ring (bicyclic) bond motifs is 1. The first kappa shape index (κ1) is 18.2. The third-order valence-electron chi connectivity index (χ3n) is 3.82. The Kier molecular flexibility index (Phi) is 4.62. The molecule has 0 amide bonds. The number of nitrogens with zero attached hydrogens (tertiary/aromatic N) is 3. The Hall–Kier alpha value is -2.61. The maximum Gasteiger partial charge on any atom is 0.433 e. The smallest absolute Gasteiger partial charge is 0.433 e.